The first-order valence-electron chi connectivity index (χ1n) is 10.8. The Morgan fingerprint density at radius 3 is 2.48 bits per heavy atom. The average Bonchev–Trinajstić information content (AvgIpc) is 3.32. The first-order valence-corrected chi connectivity index (χ1v) is 11.6. The fourth-order valence-corrected chi connectivity index (χ4v) is 6.63. The Hall–Kier alpha value is -1.13. The molecule has 148 valence electrons. The number of rotatable bonds is 4. The summed E-state index contributed by atoms with van der Waals surface area (Å²) in [6.07, 6.45) is 11.3. The number of hydrogen-bond donors (Lipinski definition) is 1. The molecule has 0 spiro atoms. The molecule has 4 rings (SSSR count). The number of carboxylic acids is 1. The predicted molar refractivity (Wildman–Crippen MR) is 113 cm³/mol. The maximum absolute atomic E-state index is 12.1. The standard InChI is InChI=1S/C23H33NO2S/c1-15-7-9-16(10-8-15)18-11-12-24(2)14-20(18)19-13-21(17-5-3-4-6-17)27-22(19)23(25)26/h13,15-17H,3-12,14H2,1-2H3,(H,25,26). The minimum Gasteiger partial charge on any atom is -0.477 e. The van der Waals surface area contributed by atoms with Crippen molar-refractivity contribution >= 4 is 22.9 Å². The van der Waals surface area contributed by atoms with Crippen molar-refractivity contribution < 1.29 is 9.90 Å². The molecule has 2 fully saturated rings. The van der Waals surface area contributed by atoms with Crippen molar-refractivity contribution in [2.45, 2.75) is 70.6 Å². The van der Waals surface area contributed by atoms with E-state index in [0.717, 1.165) is 31.0 Å². The summed E-state index contributed by atoms with van der Waals surface area (Å²) in [7, 11) is 2.17. The highest BCUT2D eigenvalue weighted by molar-refractivity contribution is 7.14. The smallest absolute Gasteiger partial charge is 0.346 e. The van der Waals surface area contributed by atoms with Crippen LogP contribution in [0.1, 0.15) is 90.7 Å². The van der Waals surface area contributed by atoms with E-state index in [1.165, 1.54) is 61.8 Å². The topological polar surface area (TPSA) is 40.5 Å². The van der Waals surface area contributed by atoms with Gasteiger partial charge >= 0.3 is 5.97 Å². The van der Waals surface area contributed by atoms with Crippen LogP contribution >= 0.6 is 11.3 Å². The zero-order valence-electron chi connectivity index (χ0n) is 16.8. The van der Waals surface area contributed by atoms with Crippen molar-refractivity contribution in [2.24, 2.45) is 11.8 Å². The van der Waals surface area contributed by atoms with Crippen molar-refractivity contribution in [3.05, 3.63) is 27.0 Å². The van der Waals surface area contributed by atoms with Crippen LogP contribution in [0.5, 0.6) is 0 Å². The maximum Gasteiger partial charge on any atom is 0.346 e. The molecule has 1 aliphatic heterocycles. The third-order valence-corrected chi connectivity index (χ3v) is 8.40. The fourth-order valence-electron chi connectivity index (χ4n) is 5.43. The lowest BCUT2D eigenvalue weighted by molar-refractivity contribution is 0.0702. The van der Waals surface area contributed by atoms with Gasteiger partial charge in [0.2, 0.25) is 0 Å². The molecule has 2 heterocycles. The van der Waals surface area contributed by atoms with E-state index in [1.54, 1.807) is 16.9 Å². The van der Waals surface area contributed by atoms with Gasteiger partial charge < -0.3 is 10.0 Å². The van der Waals surface area contributed by atoms with Crippen molar-refractivity contribution in [3.8, 4) is 0 Å². The van der Waals surface area contributed by atoms with Gasteiger partial charge in [-0.25, -0.2) is 4.79 Å². The van der Waals surface area contributed by atoms with Gasteiger partial charge in [0, 0.05) is 23.5 Å². The molecule has 2 aliphatic carbocycles. The van der Waals surface area contributed by atoms with Crippen LogP contribution in [-0.2, 0) is 0 Å². The van der Waals surface area contributed by atoms with Crippen LogP contribution in [0, 0.1) is 11.8 Å². The van der Waals surface area contributed by atoms with Crippen LogP contribution in [0.4, 0.5) is 0 Å². The van der Waals surface area contributed by atoms with Crippen LogP contribution in [0.15, 0.2) is 11.6 Å². The van der Waals surface area contributed by atoms with E-state index < -0.39 is 5.97 Å². The summed E-state index contributed by atoms with van der Waals surface area (Å²) in [4.78, 5) is 16.3. The number of carboxylic acid groups (broad SMARTS) is 1. The third kappa shape index (κ3) is 4.02. The lowest BCUT2D eigenvalue weighted by Gasteiger charge is -2.35. The van der Waals surface area contributed by atoms with Crippen LogP contribution in [-0.4, -0.2) is 36.1 Å². The molecule has 0 saturated heterocycles. The van der Waals surface area contributed by atoms with Crippen LogP contribution in [0.25, 0.3) is 5.57 Å². The predicted octanol–water partition coefficient (Wildman–Crippen LogP) is 6.02. The van der Waals surface area contributed by atoms with E-state index in [-0.39, 0.29) is 0 Å². The highest BCUT2D eigenvalue weighted by Crippen LogP contribution is 2.44. The van der Waals surface area contributed by atoms with Gasteiger partial charge in [-0.1, -0.05) is 38.2 Å². The second-order valence-electron chi connectivity index (χ2n) is 9.13. The van der Waals surface area contributed by atoms with E-state index in [4.69, 9.17) is 0 Å². The van der Waals surface area contributed by atoms with Gasteiger partial charge in [0.25, 0.3) is 0 Å². The highest BCUT2D eigenvalue weighted by atomic mass is 32.1. The molecule has 2 saturated carbocycles. The molecule has 3 aliphatic rings. The molecule has 1 aromatic heterocycles. The van der Waals surface area contributed by atoms with Crippen molar-refractivity contribution in [1.82, 2.24) is 4.90 Å². The first kappa shape index (κ1) is 19.2. The quantitative estimate of drug-likeness (QED) is 0.687. The van der Waals surface area contributed by atoms with Gasteiger partial charge in [0.15, 0.2) is 0 Å². The van der Waals surface area contributed by atoms with Gasteiger partial charge in [-0.2, -0.15) is 0 Å². The molecular weight excluding hydrogens is 354 g/mol. The summed E-state index contributed by atoms with van der Waals surface area (Å²) < 4.78 is 0. The summed E-state index contributed by atoms with van der Waals surface area (Å²) in [6.45, 7) is 4.38. The minimum absolute atomic E-state index is 0.586. The molecule has 27 heavy (non-hydrogen) atoms. The Morgan fingerprint density at radius 2 is 1.81 bits per heavy atom. The summed E-state index contributed by atoms with van der Waals surface area (Å²) in [5.74, 6) is 1.36. The van der Waals surface area contributed by atoms with Gasteiger partial charge in [-0.15, -0.1) is 11.3 Å². The van der Waals surface area contributed by atoms with Crippen LogP contribution in [0.2, 0.25) is 0 Å². The maximum atomic E-state index is 12.1. The number of nitrogens with zero attached hydrogens (tertiary/aromatic N) is 1. The molecule has 0 amide bonds. The highest BCUT2D eigenvalue weighted by Gasteiger charge is 2.31. The van der Waals surface area contributed by atoms with E-state index in [2.05, 4.69) is 24.9 Å². The monoisotopic (exact) mass is 387 g/mol. The molecule has 0 atom stereocenters. The van der Waals surface area contributed by atoms with Gasteiger partial charge in [0.1, 0.15) is 4.88 Å². The van der Waals surface area contributed by atoms with E-state index in [0.29, 0.717) is 16.7 Å². The van der Waals surface area contributed by atoms with Crippen molar-refractivity contribution in [3.63, 3.8) is 0 Å². The summed E-state index contributed by atoms with van der Waals surface area (Å²) in [6, 6.07) is 2.27. The van der Waals surface area contributed by atoms with E-state index in [9.17, 15) is 9.90 Å². The molecule has 4 heteroatoms. The largest absolute Gasteiger partial charge is 0.477 e. The SMILES string of the molecule is CC1CCC(C2=C(c3cc(C4CCCC4)sc3C(=O)O)CN(C)CC2)CC1. The molecule has 1 N–H and O–H groups in total. The van der Waals surface area contributed by atoms with Crippen molar-refractivity contribution in [1.29, 1.82) is 0 Å². The Morgan fingerprint density at radius 1 is 1.11 bits per heavy atom. The Bertz CT molecular complexity index is 721. The zero-order valence-corrected chi connectivity index (χ0v) is 17.6. The lowest BCUT2D eigenvalue weighted by atomic mass is 9.75. The number of hydrogen-bond acceptors (Lipinski definition) is 3. The Kier molecular flexibility index (Phi) is 5.75. The summed E-state index contributed by atoms with van der Waals surface area (Å²) in [5.41, 5.74) is 3.98. The molecule has 0 unspecified atom stereocenters. The minimum atomic E-state index is -0.739. The van der Waals surface area contributed by atoms with Crippen LogP contribution < -0.4 is 0 Å². The fraction of sp³-hybridized carbons (Fsp3) is 0.696. The number of aromatic carboxylic acids is 1. The average molecular weight is 388 g/mol. The van der Waals surface area contributed by atoms with E-state index in [1.807, 2.05) is 0 Å². The van der Waals surface area contributed by atoms with E-state index >= 15 is 0 Å². The molecule has 3 nitrogen and oxygen atoms in total. The first-order chi connectivity index (χ1) is 13.0. The van der Waals surface area contributed by atoms with Crippen LogP contribution in [0.3, 0.4) is 0 Å². The van der Waals surface area contributed by atoms with Crippen molar-refractivity contribution in [2.75, 3.05) is 20.1 Å². The van der Waals surface area contributed by atoms with Gasteiger partial charge in [0.05, 0.1) is 0 Å². The number of carbonyl (C=O) groups is 1. The van der Waals surface area contributed by atoms with Gasteiger partial charge in [-0.05, 0) is 68.5 Å². The van der Waals surface area contributed by atoms with Gasteiger partial charge in [-0.3, -0.25) is 0 Å². The lowest BCUT2D eigenvalue weighted by Crippen LogP contribution is -2.30. The second-order valence-corrected chi connectivity index (χ2v) is 10.2. The third-order valence-electron chi connectivity index (χ3n) is 7.12. The molecule has 1 aromatic rings. The summed E-state index contributed by atoms with van der Waals surface area (Å²) >= 11 is 1.56. The number of likely N-dealkylation sites (N-methyl/N-ethyl adjacent to an activating group) is 1. The zero-order chi connectivity index (χ0) is 19.0. The number of thiophene rings is 1. The molecule has 0 bridgehead atoms. The Balaban J connectivity index is 1.74. The Labute approximate surface area is 167 Å². The normalized spacial score (nSPS) is 28.1. The molecule has 0 radical (unpaired) electrons. The molecular formula is C23H33NO2S. The second kappa shape index (κ2) is 8.08. The molecule has 0 aromatic carbocycles. The summed E-state index contributed by atoms with van der Waals surface area (Å²) in [5, 5.41) is 9.92.